The molecule has 1 aliphatic heterocycles. The van der Waals surface area contributed by atoms with Crippen molar-refractivity contribution in [2.45, 2.75) is 19.9 Å². The molecule has 5 rings (SSSR count). The van der Waals surface area contributed by atoms with Gasteiger partial charge in [-0.05, 0) is 55.8 Å². The number of ether oxygens (including phenoxy) is 1. The Labute approximate surface area is 181 Å². The molecule has 1 fully saturated rings. The Kier molecular flexibility index (Phi) is 4.77. The normalized spacial score (nSPS) is 16.8. The number of aromatic nitrogens is 1. The van der Waals surface area contributed by atoms with Gasteiger partial charge in [0.15, 0.2) is 5.76 Å². The summed E-state index contributed by atoms with van der Waals surface area (Å²) in [5.41, 5.74) is 3.69. The fourth-order valence-electron chi connectivity index (χ4n) is 4.33. The maximum atomic E-state index is 13.2. The van der Waals surface area contributed by atoms with Crippen LogP contribution in [0.5, 0.6) is 5.75 Å². The van der Waals surface area contributed by atoms with Crippen molar-refractivity contribution in [2.24, 2.45) is 0 Å². The number of pyridine rings is 1. The molecule has 3 heterocycles. The molecular formula is C25H25N3O3. The lowest BCUT2D eigenvalue weighted by molar-refractivity contribution is 0.0696. The number of fused-ring (bicyclic) bond motifs is 2. The van der Waals surface area contributed by atoms with Crippen molar-refractivity contribution < 1.29 is 13.9 Å². The highest BCUT2D eigenvalue weighted by Gasteiger charge is 2.29. The lowest BCUT2D eigenvalue weighted by Gasteiger charge is -2.41. The van der Waals surface area contributed by atoms with Gasteiger partial charge < -0.3 is 19.0 Å². The van der Waals surface area contributed by atoms with Gasteiger partial charge in [0.05, 0.1) is 12.6 Å². The van der Waals surface area contributed by atoms with E-state index in [0.29, 0.717) is 24.6 Å². The van der Waals surface area contributed by atoms with Crippen LogP contribution in [0.2, 0.25) is 0 Å². The molecule has 6 heteroatoms. The minimum atomic E-state index is -0.0876. The van der Waals surface area contributed by atoms with E-state index in [0.717, 1.165) is 28.6 Å². The van der Waals surface area contributed by atoms with Crippen molar-refractivity contribution in [1.29, 1.82) is 0 Å². The van der Waals surface area contributed by atoms with Crippen LogP contribution in [0.4, 0.5) is 5.69 Å². The summed E-state index contributed by atoms with van der Waals surface area (Å²) in [4.78, 5) is 22.0. The maximum absolute atomic E-state index is 13.2. The molecule has 0 spiro atoms. The van der Waals surface area contributed by atoms with Crippen molar-refractivity contribution in [2.75, 3.05) is 31.6 Å². The Morgan fingerprint density at radius 1 is 1.10 bits per heavy atom. The first-order valence-electron chi connectivity index (χ1n) is 10.5. The van der Waals surface area contributed by atoms with Crippen molar-refractivity contribution in [3.05, 3.63) is 65.9 Å². The first kappa shape index (κ1) is 19.4. The highest BCUT2D eigenvalue weighted by Crippen LogP contribution is 2.27. The summed E-state index contributed by atoms with van der Waals surface area (Å²) in [5, 5.41) is 1.81. The van der Waals surface area contributed by atoms with E-state index in [-0.39, 0.29) is 11.9 Å². The molecule has 6 nitrogen and oxygen atoms in total. The lowest BCUT2D eigenvalue weighted by Crippen LogP contribution is -2.53. The van der Waals surface area contributed by atoms with Gasteiger partial charge in [0.1, 0.15) is 5.75 Å². The van der Waals surface area contributed by atoms with E-state index in [4.69, 9.17) is 9.15 Å². The zero-order valence-corrected chi connectivity index (χ0v) is 18.0. The molecule has 0 aliphatic carbocycles. The van der Waals surface area contributed by atoms with Gasteiger partial charge in [0.25, 0.3) is 5.91 Å². The van der Waals surface area contributed by atoms with Gasteiger partial charge in [-0.15, -0.1) is 0 Å². The van der Waals surface area contributed by atoms with E-state index >= 15 is 0 Å². The summed E-state index contributed by atoms with van der Waals surface area (Å²) in [6, 6.07) is 18.2. The Hall–Kier alpha value is -3.54. The molecule has 1 saturated heterocycles. The highest BCUT2D eigenvalue weighted by molar-refractivity contribution is 5.98. The highest BCUT2D eigenvalue weighted by atomic mass is 16.5. The fraction of sp³-hybridized carbons (Fsp3) is 0.280. The van der Waals surface area contributed by atoms with Gasteiger partial charge in [-0.1, -0.05) is 12.1 Å². The van der Waals surface area contributed by atoms with Crippen LogP contribution in [-0.4, -0.2) is 48.6 Å². The van der Waals surface area contributed by atoms with Gasteiger partial charge in [-0.25, -0.2) is 4.98 Å². The second kappa shape index (κ2) is 7.61. The van der Waals surface area contributed by atoms with Gasteiger partial charge >= 0.3 is 0 Å². The first-order valence-corrected chi connectivity index (χ1v) is 10.5. The maximum Gasteiger partial charge on any atom is 0.289 e. The number of amides is 1. The number of furan rings is 1. The Bertz CT molecular complexity index is 1280. The van der Waals surface area contributed by atoms with E-state index in [2.05, 4.69) is 48.0 Å². The van der Waals surface area contributed by atoms with Crippen LogP contribution in [0.15, 0.2) is 59.0 Å². The molecule has 4 aromatic rings. The van der Waals surface area contributed by atoms with Crippen LogP contribution in [-0.2, 0) is 0 Å². The topological polar surface area (TPSA) is 58.8 Å². The number of methoxy groups -OCH3 is 1. The molecule has 0 saturated carbocycles. The van der Waals surface area contributed by atoms with Gasteiger partial charge in [0.2, 0.25) is 5.71 Å². The largest absolute Gasteiger partial charge is 0.497 e. The van der Waals surface area contributed by atoms with Crippen LogP contribution in [0, 0.1) is 6.92 Å². The SMILES string of the molecule is COc1ccc2cc3cc(C(=O)N4CCN(c5cccc(C)c5)C(C)C4)oc3nc2c1. The number of aryl methyl sites for hydroxylation is 1. The van der Waals surface area contributed by atoms with Crippen molar-refractivity contribution in [1.82, 2.24) is 9.88 Å². The molecule has 0 radical (unpaired) electrons. The Balaban J connectivity index is 1.38. The molecule has 0 N–H and O–H groups in total. The number of piperazine rings is 1. The summed E-state index contributed by atoms with van der Waals surface area (Å²) < 4.78 is 11.1. The predicted octanol–water partition coefficient (Wildman–Crippen LogP) is 4.65. The smallest absolute Gasteiger partial charge is 0.289 e. The monoisotopic (exact) mass is 415 g/mol. The van der Waals surface area contributed by atoms with E-state index in [1.165, 1.54) is 11.3 Å². The van der Waals surface area contributed by atoms with Crippen molar-refractivity contribution in [3.8, 4) is 5.75 Å². The quantitative estimate of drug-likeness (QED) is 0.488. The molecule has 2 aromatic carbocycles. The van der Waals surface area contributed by atoms with Gasteiger partial charge in [0, 0.05) is 48.2 Å². The number of hydrogen-bond donors (Lipinski definition) is 0. The molecule has 158 valence electrons. The van der Waals surface area contributed by atoms with Gasteiger partial charge in [-0.3, -0.25) is 4.79 Å². The second-order valence-electron chi connectivity index (χ2n) is 8.18. The minimum absolute atomic E-state index is 0.0876. The number of anilines is 1. The number of nitrogens with zero attached hydrogens (tertiary/aromatic N) is 3. The summed E-state index contributed by atoms with van der Waals surface area (Å²) in [7, 11) is 1.63. The number of hydrogen-bond acceptors (Lipinski definition) is 5. The van der Waals surface area contributed by atoms with E-state index < -0.39 is 0 Å². The average molecular weight is 415 g/mol. The Morgan fingerprint density at radius 2 is 1.97 bits per heavy atom. The predicted molar refractivity (Wildman–Crippen MR) is 122 cm³/mol. The Morgan fingerprint density at radius 3 is 2.74 bits per heavy atom. The lowest BCUT2D eigenvalue weighted by atomic mass is 10.1. The zero-order valence-electron chi connectivity index (χ0n) is 18.0. The van der Waals surface area contributed by atoms with Crippen LogP contribution < -0.4 is 9.64 Å². The molecule has 31 heavy (non-hydrogen) atoms. The van der Waals surface area contributed by atoms with Crippen LogP contribution >= 0.6 is 0 Å². The average Bonchev–Trinajstić information content (AvgIpc) is 3.19. The fourth-order valence-corrected chi connectivity index (χ4v) is 4.33. The van der Waals surface area contributed by atoms with Gasteiger partial charge in [-0.2, -0.15) is 0 Å². The summed E-state index contributed by atoms with van der Waals surface area (Å²) in [5.74, 6) is 0.985. The van der Waals surface area contributed by atoms with Crippen molar-refractivity contribution >= 4 is 33.6 Å². The number of benzene rings is 2. The molecule has 1 unspecified atom stereocenters. The number of rotatable bonds is 3. The third-order valence-electron chi connectivity index (χ3n) is 5.97. The van der Waals surface area contributed by atoms with E-state index in [9.17, 15) is 4.79 Å². The summed E-state index contributed by atoms with van der Waals surface area (Å²) in [6.07, 6.45) is 0. The van der Waals surface area contributed by atoms with Crippen molar-refractivity contribution in [3.63, 3.8) is 0 Å². The summed E-state index contributed by atoms with van der Waals surface area (Å²) in [6.45, 7) is 6.35. The summed E-state index contributed by atoms with van der Waals surface area (Å²) >= 11 is 0. The number of carbonyl (C=O) groups excluding carboxylic acids is 1. The van der Waals surface area contributed by atoms with Crippen LogP contribution in [0.1, 0.15) is 23.0 Å². The molecular weight excluding hydrogens is 390 g/mol. The molecule has 1 amide bonds. The third-order valence-corrected chi connectivity index (χ3v) is 5.97. The molecule has 0 bridgehead atoms. The minimum Gasteiger partial charge on any atom is -0.497 e. The molecule has 2 aromatic heterocycles. The standard InChI is InChI=1S/C25H25N3O3/c1-16-5-4-6-20(11-16)28-10-9-27(15-17(28)2)25(29)23-13-19-12-18-7-8-21(30-3)14-22(18)26-24(19)31-23/h4-8,11-14,17H,9-10,15H2,1-3H3. The van der Waals surface area contributed by atoms with E-state index in [1.807, 2.05) is 29.2 Å². The number of carbonyl (C=O) groups is 1. The molecule has 1 aliphatic rings. The van der Waals surface area contributed by atoms with Crippen LogP contribution in [0.3, 0.4) is 0 Å². The zero-order chi connectivity index (χ0) is 21.5. The second-order valence-corrected chi connectivity index (χ2v) is 8.18. The molecule has 1 atom stereocenters. The van der Waals surface area contributed by atoms with Crippen LogP contribution in [0.25, 0.3) is 22.0 Å². The third kappa shape index (κ3) is 3.58. The van der Waals surface area contributed by atoms with E-state index in [1.54, 1.807) is 13.2 Å². The first-order chi connectivity index (χ1) is 15.0.